The molecule has 0 N–H and O–H groups in total. The molecule has 2 aliphatic rings. The van der Waals surface area contributed by atoms with Crippen LogP contribution >= 0.6 is 0 Å². The maximum absolute atomic E-state index is 14.9. The second-order valence-corrected chi connectivity index (χ2v) is 9.02. The van der Waals surface area contributed by atoms with Crippen LogP contribution in [-0.2, 0) is 24.2 Å². The Bertz CT molecular complexity index is 1110. The third-order valence-electron chi connectivity index (χ3n) is 6.88. The van der Waals surface area contributed by atoms with E-state index in [-0.39, 0.29) is 16.6 Å². The van der Waals surface area contributed by atoms with E-state index < -0.39 is 0 Å². The van der Waals surface area contributed by atoms with Crippen molar-refractivity contribution < 1.29 is 13.8 Å². The van der Waals surface area contributed by atoms with Gasteiger partial charge in [-0.1, -0.05) is 6.07 Å². The average molecular weight is 422 g/mol. The van der Waals surface area contributed by atoms with Gasteiger partial charge in [-0.05, 0) is 73.2 Å². The van der Waals surface area contributed by atoms with Crippen molar-refractivity contribution in [2.75, 3.05) is 13.2 Å². The molecule has 2 aliphatic heterocycles. The van der Waals surface area contributed by atoms with Crippen molar-refractivity contribution in [3.05, 3.63) is 87.1 Å². The number of hydrogen-bond donors (Lipinski definition) is 0. The smallest absolute Gasteiger partial charge is 0.128 e. The van der Waals surface area contributed by atoms with Crippen LogP contribution in [0.4, 0.5) is 4.39 Å². The van der Waals surface area contributed by atoms with Crippen LogP contribution in [-0.4, -0.2) is 33.7 Å². The summed E-state index contributed by atoms with van der Waals surface area (Å²) in [4.78, 5) is 0. The van der Waals surface area contributed by atoms with E-state index in [1.165, 1.54) is 17.2 Å². The number of rotatable bonds is 5. The number of ether oxygens (including phenoxy) is 1. The van der Waals surface area contributed by atoms with Crippen molar-refractivity contribution in [3.8, 4) is 5.69 Å². The van der Waals surface area contributed by atoms with Crippen molar-refractivity contribution in [3.63, 3.8) is 0 Å². The van der Waals surface area contributed by atoms with E-state index >= 15 is 0 Å². The molecule has 1 aromatic heterocycles. The van der Waals surface area contributed by atoms with Crippen LogP contribution in [0.25, 0.3) is 5.69 Å². The number of hydrogen-bond acceptors (Lipinski definition) is 3. The number of quaternary nitrogens is 1. The van der Waals surface area contributed by atoms with Gasteiger partial charge in [0.05, 0.1) is 5.69 Å². The number of fused-ring (bicyclic) bond motifs is 1. The van der Waals surface area contributed by atoms with Gasteiger partial charge in [0.15, 0.2) is 0 Å². The van der Waals surface area contributed by atoms with E-state index in [1.54, 1.807) is 17.1 Å². The maximum atomic E-state index is 14.9. The normalized spacial score (nSPS) is 22.8. The first-order valence-electron chi connectivity index (χ1n) is 11.0. The Labute approximate surface area is 182 Å². The average Bonchev–Trinajstić information content (AvgIpc) is 3.49. The Morgan fingerprint density at radius 2 is 2.06 bits per heavy atom. The molecule has 5 nitrogen and oxygen atoms in total. The summed E-state index contributed by atoms with van der Waals surface area (Å²) < 4.78 is 22.0. The summed E-state index contributed by atoms with van der Waals surface area (Å²) in [7, 11) is 0. The van der Waals surface area contributed by atoms with Gasteiger partial charge < -0.3 is 14.6 Å². The number of halogens is 1. The van der Waals surface area contributed by atoms with Crippen LogP contribution in [0.3, 0.4) is 0 Å². The van der Waals surface area contributed by atoms with Gasteiger partial charge in [0.1, 0.15) is 31.6 Å². The molecule has 0 saturated carbocycles. The van der Waals surface area contributed by atoms with Crippen molar-refractivity contribution >= 4 is 0 Å². The van der Waals surface area contributed by atoms with E-state index in [0.717, 1.165) is 36.1 Å². The van der Waals surface area contributed by atoms with E-state index in [1.807, 2.05) is 18.2 Å². The topological polar surface area (TPSA) is 50.1 Å². The largest absolute Gasteiger partial charge is 0.632 e. The van der Waals surface area contributed by atoms with Crippen LogP contribution in [0.5, 0.6) is 0 Å². The molecule has 0 amide bonds. The Kier molecular flexibility index (Phi) is 5.16. The van der Waals surface area contributed by atoms with Crippen molar-refractivity contribution in [2.24, 2.45) is 0 Å². The quantitative estimate of drug-likeness (QED) is 0.442. The molecule has 1 saturated heterocycles. The van der Waals surface area contributed by atoms with Gasteiger partial charge in [0, 0.05) is 36.5 Å². The molecule has 0 aliphatic carbocycles. The Morgan fingerprint density at radius 1 is 1.19 bits per heavy atom. The van der Waals surface area contributed by atoms with Crippen LogP contribution in [0.2, 0.25) is 0 Å². The number of hydroxylamine groups is 3. The Morgan fingerprint density at radius 3 is 2.77 bits per heavy atom. The van der Waals surface area contributed by atoms with Gasteiger partial charge in [0.2, 0.25) is 0 Å². The molecular weight excluding hydrogens is 393 g/mol. The van der Waals surface area contributed by atoms with Crippen molar-refractivity contribution in [1.29, 1.82) is 0 Å². The third-order valence-corrected chi connectivity index (χ3v) is 6.88. The zero-order valence-electron chi connectivity index (χ0n) is 18.1. The lowest BCUT2D eigenvalue weighted by Gasteiger charge is -2.40. The Balaban J connectivity index is 1.40. The fourth-order valence-electron chi connectivity index (χ4n) is 5.05. The molecule has 3 aromatic rings. The molecule has 5 rings (SSSR count). The fraction of sp³-hybridized carbons (Fsp3) is 0.400. The summed E-state index contributed by atoms with van der Waals surface area (Å²) in [5.74, 6) is -0.238. The molecule has 1 fully saturated rings. The Hall–Kier alpha value is -2.54. The standard InChI is InChI=1S/C25H28FN3O2/c1-17-18(2)24-16-29(30,15-23-5-3-10-31-23)14-21(24)12-20(17)11-19-6-7-22(13-25(19)26)28-9-4-8-27-28/h4,6-9,12-13,23H,3,5,10-11,14-16H2,1-2H3/t23-,29?/m0/s1. The highest BCUT2D eigenvalue weighted by molar-refractivity contribution is 5.48. The SMILES string of the molecule is Cc1c(Cc2ccc(-n3cccn3)cc2F)cc2c(c1C)C[N+]([O-])(C[C@@H]1CCCO1)C2. The molecule has 6 heteroatoms. The first-order valence-corrected chi connectivity index (χ1v) is 11.0. The first kappa shape index (κ1) is 20.4. The first-order chi connectivity index (χ1) is 14.9. The summed E-state index contributed by atoms with van der Waals surface area (Å²) in [6.45, 7) is 6.45. The lowest BCUT2D eigenvalue weighted by atomic mass is 9.91. The summed E-state index contributed by atoms with van der Waals surface area (Å²) in [5, 5.41) is 17.6. The molecule has 162 valence electrons. The van der Waals surface area contributed by atoms with Gasteiger partial charge in [-0.3, -0.25) is 0 Å². The van der Waals surface area contributed by atoms with Gasteiger partial charge in [-0.2, -0.15) is 5.10 Å². The minimum Gasteiger partial charge on any atom is -0.632 e. The molecule has 31 heavy (non-hydrogen) atoms. The lowest BCUT2D eigenvalue weighted by molar-refractivity contribution is -0.903. The molecule has 2 atom stereocenters. The number of nitrogens with zero attached hydrogens (tertiary/aromatic N) is 3. The van der Waals surface area contributed by atoms with Gasteiger partial charge in [-0.15, -0.1) is 0 Å². The summed E-state index contributed by atoms with van der Waals surface area (Å²) in [6, 6.07) is 9.20. The molecule has 0 radical (unpaired) electrons. The van der Waals surface area contributed by atoms with Gasteiger partial charge >= 0.3 is 0 Å². The van der Waals surface area contributed by atoms with Crippen LogP contribution in [0.15, 0.2) is 42.7 Å². The van der Waals surface area contributed by atoms with Gasteiger partial charge in [-0.25, -0.2) is 9.07 Å². The third kappa shape index (κ3) is 3.91. The molecule has 0 spiro atoms. The minimum atomic E-state index is -0.239. The summed E-state index contributed by atoms with van der Waals surface area (Å²) in [5.41, 5.74) is 7.05. The highest BCUT2D eigenvalue weighted by atomic mass is 19.1. The monoisotopic (exact) mass is 421 g/mol. The van der Waals surface area contributed by atoms with E-state index in [4.69, 9.17) is 4.74 Å². The van der Waals surface area contributed by atoms with Gasteiger partial charge in [0.25, 0.3) is 0 Å². The van der Waals surface area contributed by atoms with E-state index in [9.17, 15) is 9.60 Å². The second-order valence-electron chi connectivity index (χ2n) is 9.02. The highest BCUT2D eigenvalue weighted by Gasteiger charge is 2.34. The number of aromatic nitrogens is 2. The van der Waals surface area contributed by atoms with Crippen LogP contribution in [0.1, 0.15) is 46.2 Å². The number of benzene rings is 2. The predicted octanol–water partition coefficient (Wildman–Crippen LogP) is 4.73. The van der Waals surface area contributed by atoms with Crippen LogP contribution < -0.4 is 0 Å². The molecule has 0 bridgehead atoms. The molecular formula is C25H28FN3O2. The predicted molar refractivity (Wildman–Crippen MR) is 117 cm³/mol. The van der Waals surface area contributed by atoms with Crippen molar-refractivity contribution in [2.45, 2.75) is 52.3 Å². The molecule has 1 unspecified atom stereocenters. The molecule has 3 heterocycles. The fourth-order valence-corrected chi connectivity index (χ4v) is 5.05. The maximum Gasteiger partial charge on any atom is 0.128 e. The lowest BCUT2D eigenvalue weighted by Crippen LogP contribution is -2.42. The zero-order valence-corrected chi connectivity index (χ0v) is 18.1. The highest BCUT2D eigenvalue weighted by Crippen LogP contribution is 2.36. The zero-order chi connectivity index (χ0) is 21.6. The van der Waals surface area contributed by atoms with Crippen molar-refractivity contribution in [1.82, 2.24) is 9.78 Å². The van der Waals surface area contributed by atoms with E-state index in [0.29, 0.717) is 37.3 Å². The van der Waals surface area contributed by atoms with E-state index in [2.05, 4.69) is 25.0 Å². The summed E-state index contributed by atoms with van der Waals surface area (Å²) in [6.07, 6.45) is 6.09. The summed E-state index contributed by atoms with van der Waals surface area (Å²) >= 11 is 0. The molecule has 2 aromatic carbocycles. The minimum absolute atomic E-state index is 0.0788. The van der Waals surface area contributed by atoms with Crippen LogP contribution in [0, 0.1) is 24.9 Å². The second kappa shape index (κ2) is 7.86.